The largest absolute Gasteiger partial charge is 0.492 e. The molecule has 6 heteroatoms. The second kappa shape index (κ2) is 7.60. The highest BCUT2D eigenvalue weighted by Gasteiger charge is 2.15. The number of pyridine rings is 1. The minimum Gasteiger partial charge on any atom is -0.492 e. The van der Waals surface area contributed by atoms with Gasteiger partial charge in [0.2, 0.25) is 0 Å². The third-order valence-corrected chi connectivity index (χ3v) is 4.40. The normalized spacial score (nSPS) is 10.8. The second-order valence-corrected chi connectivity index (χ2v) is 6.20. The Bertz CT molecular complexity index is 1110. The highest BCUT2D eigenvalue weighted by molar-refractivity contribution is 5.97. The van der Waals surface area contributed by atoms with Gasteiger partial charge in [0.1, 0.15) is 22.9 Å². The van der Waals surface area contributed by atoms with Crippen LogP contribution in [-0.2, 0) is 0 Å². The molecule has 0 atom stereocenters. The van der Waals surface area contributed by atoms with Gasteiger partial charge in [-0.2, -0.15) is 0 Å². The number of ether oxygens (including phenoxy) is 1. The number of halogens is 1. The summed E-state index contributed by atoms with van der Waals surface area (Å²) >= 11 is 0. The summed E-state index contributed by atoms with van der Waals surface area (Å²) in [5, 5.41) is 3.98. The van der Waals surface area contributed by atoms with Gasteiger partial charge in [-0.15, -0.1) is 0 Å². The molecule has 2 aromatic heterocycles. The lowest BCUT2D eigenvalue weighted by Crippen LogP contribution is -2.02. The summed E-state index contributed by atoms with van der Waals surface area (Å²) in [4.78, 5) is 13.6. The zero-order valence-corrected chi connectivity index (χ0v) is 15.6. The van der Waals surface area contributed by atoms with Gasteiger partial charge >= 0.3 is 0 Å². The smallest absolute Gasteiger partial charge is 0.163 e. The molecule has 140 valence electrons. The predicted octanol–water partition coefficient (Wildman–Crippen LogP) is 4.94. The Morgan fingerprint density at radius 1 is 1.00 bits per heavy atom. The van der Waals surface area contributed by atoms with Gasteiger partial charge in [0.25, 0.3) is 0 Å². The van der Waals surface area contributed by atoms with E-state index in [4.69, 9.17) is 9.72 Å². The van der Waals surface area contributed by atoms with E-state index in [-0.39, 0.29) is 5.82 Å². The third-order valence-electron chi connectivity index (χ3n) is 4.40. The molecule has 5 nitrogen and oxygen atoms in total. The van der Waals surface area contributed by atoms with E-state index in [1.165, 1.54) is 12.1 Å². The van der Waals surface area contributed by atoms with Crippen LogP contribution >= 0.6 is 0 Å². The fourth-order valence-corrected chi connectivity index (χ4v) is 3.09. The van der Waals surface area contributed by atoms with E-state index in [1.54, 1.807) is 24.5 Å². The van der Waals surface area contributed by atoms with E-state index in [1.807, 2.05) is 38.2 Å². The number of nitrogens with one attached hydrogen (secondary N) is 1. The quantitative estimate of drug-likeness (QED) is 0.536. The second-order valence-electron chi connectivity index (χ2n) is 6.20. The molecule has 4 rings (SSSR count). The molecule has 4 aromatic rings. The van der Waals surface area contributed by atoms with Gasteiger partial charge in [-0.05, 0) is 54.4 Å². The molecule has 0 amide bonds. The lowest BCUT2D eigenvalue weighted by molar-refractivity contribution is 0.344. The number of anilines is 1. The fourth-order valence-electron chi connectivity index (χ4n) is 3.09. The lowest BCUT2D eigenvalue weighted by atomic mass is 10.0. The molecular formula is C22H19FN4O. The standard InChI is InChI=1S/C22H19FN4O/c1-3-28-19-12-16(14-6-8-17(23)9-7-14)11-18-20(19)26-21(27-22(18)24-2)15-5-4-10-25-13-15/h4-13H,3H2,1-2H3,(H,24,26,27). The van der Waals surface area contributed by atoms with Crippen LogP contribution in [-0.4, -0.2) is 28.6 Å². The molecule has 0 fully saturated rings. The summed E-state index contributed by atoms with van der Waals surface area (Å²) in [6, 6.07) is 14.1. The van der Waals surface area contributed by atoms with Crippen LogP contribution in [0.2, 0.25) is 0 Å². The van der Waals surface area contributed by atoms with E-state index in [2.05, 4.69) is 15.3 Å². The summed E-state index contributed by atoms with van der Waals surface area (Å²) < 4.78 is 19.2. The van der Waals surface area contributed by atoms with Gasteiger partial charge < -0.3 is 10.1 Å². The van der Waals surface area contributed by atoms with Crippen LogP contribution in [0.4, 0.5) is 10.2 Å². The first-order valence-electron chi connectivity index (χ1n) is 9.02. The third kappa shape index (κ3) is 3.36. The Labute approximate surface area is 162 Å². The fraction of sp³-hybridized carbons (Fsp3) is 0.136. The first-order chi connectivity index (χ1) is 13.7. The Balaban J connectivity index is 1.96. The number of fused-ring (bicyclic) bond motifs is 1. The van der Waals surface area contributed by atoms with Crippen molar-refractivity contribution in [2.75, 3.05) is 19.0 Å². The zero-order valence-electron chi connectivity index (χ0n) is 15.6. The molecule has 1 N–H and O–H groups in total. The molecule has 0 saturated carbocycles. The van der Waals surface area contributed by atoms with Crippen molar-refractivity contribution >= 4 is 16.7 Å². The molecule has 2 heterocycles. The zero-order chi connectivity index (χ0) is 19.5. The molecule has 0 aliphatic carbocycles. The Morgan fingerprint density at radius 2 is 1.82 bits per heavy atom. The van der Waals surface area contributed by atoms with Crippen molar-refractivity contribution < 1.29 is 9.13 Å². The number of aromatic nitrogens is 3. The van der Waals surface area contributed by atoms with Crippen LogP contribution in [0.15, 0.2) is 60.9 Å². The summed E-state index contributed by atoms with van der Waals surface area (Å²) in [7, 11) is 1.82. The molecule has 0 aliphatic rings. The maximum Gasteiger partial charge on any atom is 0.163 e. The molecule has 0 unspecified atom stereocenters. The monoisotopic (exact) mass is 374 g/mol. The minimum atomic E-state index is -0.269. The topological polar surface area (TPSA) is 59.9 Å². The van der Waals surface area contributed by atoms with Crippen molar-refractivity contribution in [3.8, 4) is 28.3 Å². The molecule has 0 radical (unpaired) electrons. The van der Waals surface area contributed by atoms with Crippen molar-refractivity contribution in [2.24, 2.45) is 0 Å². The molecule has 0 aliphatic heterocycles. The summed E-state index contributed by atoms with van der Waals surface area (Å²) in [6.45, 7) is 2.43. The number of hydrogen-bond acceptors (Lipinski definition) is 5. The molecule has 28 heavy (non-hydrogen) atoms. The van der Waals surface area contributed by atoms with Gasteiger partial charge in [-0.25, -0.2) is 14.4 Å². The maximum atomic E-state index is 13.3. The first-order valence-corrected chi connectivity index (χ1v) is 9.02. The number of hydrogen-bond donors (Lipinski definition) is 1. The minimum absolute atomic E-state index is 0.269. The van der Waals surface area contributed by atoms with E-state index < -0.39 is 0 Å². The van der Waals surface area contributed by atoms with Crippen LogP contribution in [0, 0.1) is 5.82 Å². The van der Waals surface area contributed by atoms with E-state index in [9.17, 15) is 4.39 Å². The molecule has 2 aromatic carbocycles. The van der Waals surface area contributed by atoms with Crippen LogP contribution in [0.1, 0.15) is 6.92 Å². The van der Waals surface area contributed by atoms with Crippen molar-refractivity contribution in [3.05, 3.63) is 66.7 Å². The average Bonchev–Trinajstić information content (AvgIpc) is 2.74. The van der Waals surface area contributed by atoms with Gasteiger partial charge in [-0.1, -0.05) is 12.1 Å². The van der Waals surface area contributed by atoms with Crippen LogP contribution in [0.25, 0.3) is 33.4 Å². The Hall–Kier alpha value is -3.54. The van der Waals surface area contributed by atoms with E-state index in [0.29, 0.717) is 29.5 Å². The van der Waals surface area contributed by atoms with Crippen LogP contribution < -0.4 is 10.1 Å². The molecule has 0 saturated heterocycles. The van der Waals surface area contributed by atoms with Gasteiger partial charge in [0.05, 0.1) is 6.61 Å². The van der Waals surface area contributed by atoms with Crippen molar-refractivity contribution in [1.29, 1.82) is 0 Å². The van der Waals surface area contributed by atoms with E-state index in [0.717, 1.165) is 22.1 Å². The number of nitrogens with zero attached hydrogens (tertiary/aromatic N) is 3. The molecule has 0 spiro atoms. The summed E-state index contributed by atoms with van der Waals surface area (Å²) in [5.41, 5.74) is 3.34. The predicted molar refractivity (Wildman–Crippen MR) is 109 cm³/mol. The lowest BCUT2D eigenvalue weighted by Gasteiger charge is -2.14. The average molecular weight is 374 g/mol. The first kappa shape index (κ1) is 17.9. The van der Waals surface area contributed by atoms with Gasteiger partial charge in [0.15, 0.2) is 5.82 Å². The van der Waals surface area contributed by atoms with Gasteiger partial charge in [-0.3, -0.25) is 4.98 Å². The van der Waals surface area contributed by atoms with Crippen molar-refractivity contribution in [1.82, 2.24) is 15.0 Å². The van der Waals surface area contributed by atoms with Gasteiger partial charge in [0, 0.05) is 30.4 Å². The number of rotatable bonds is 5. The van der Waals surface area contributed by atoms with Crippen LogP contribution in [0.3, 0.4) is 0 Å². The van der Waals surface area contributed by atoms with Crippen LogP contribution in [0.5, 0.6) is 5.75 Å². The van der Waals surface area contributed by atoms with Crippen molar-refractivity contribution in [3.63, 3.8) is 0 Å². The highest BCUT2D eigenvalue weighted by Crippen LogP contribution is 2.36. The van der Waals surface area contributed by atoms with E-state index >= 15 is 0 Å². The number of benzene rings is 2. The van der Waals surface area contributed by atoms with Crippen molar-refractivity contribution in [2.45, 2.75) is 6.92 Å². The summed E-state index contributed by atoms with van der Waals surface area (Å²) in [5.74, 6) is 1.65. The highest BCUT2D eigenvalue weighted by atomic mass is 19.1. The Morgan fingerprint density at radius 3 is 2.50 bits per heavy atom. The Kier molecular flexibility index (Phi) is 4.85. The summed E-state index contributed by atoms with van der Waals surface area (Å²) in [6.07, 6.45) is 3.44. The maximum absolute atomic E-state index is 13.3. The SMILES string of the molecule is CCOc1cc(-c2ccc(F)cc2)cc2c(NC)nc(-c3cccnc3)nc12. The molecular weight excluding hydrogens is 355 g/mol. The molecule has 0 bridgehead atoms.